The molecular formula is C21H30N4O. The van der Waals surface area contributed by atoms with E-state index in [1.165, 1.54) is 5.69 Å². The molecule has 2 aromatic rings. The topological polar surface area (TPSA) is 50.3 Å². The van der Waals surface area contributed by atoms with Gasteiger partial charge in [-0.05, 0) is 25.0 Å². The van der Waals surface area contributed by atoms with Crippen molar-refractivity contribution in [1.29, 1.82) is 0 Å². The van der Waals surface area contributed by atoms with Crippen molar-refractivity contribution in [2.24, 2.45) is 0 Å². The molecule has 26 heavy (non-hydrogen) atoms. The van der Waals surface area contributed by atoms with Gasteiger partial charge < -0.3 is 15.0 Å². The molecule has 0 saturated carbocycles. The lowest BCUT2D eigenvalue weighted by Crippen LogP contribution is -2.39. The zero-order chi connectivity index (χ0) is 18.6. The number of piperidine rings is 1. The largest absolute Gasteiger partial charge is 0.378 e. The first-order chi connectivity index (χ1) is 12.5. The van der Waals surface area contributed by atoms with Crippen LogP contribution in [-0.2, 0) is 16.8 Å². The molecule has 5 heteroatoms. The molecule has 0 radical (unpaired) electrons. The molecule has 2 heterocycles. The van der Waals surface area contributed by atoms with E-state index in [9.17, 15) is 0 Å². The zero-order valence-corrected chi connectivity index (χ0v) is 16.3. The molecule has 0 amide bonds. The summed E-state index contributed by atoms with van der Waals surface area (Å²) in [5, 5.41) is 3.63. The summed E-state index contributed by atoms with van der Waals surface area (Å²) < 4.78 is 5.28. The Morgan fingerprint density at radius 3 is 2.42 bits per heavy atom. The standard InChI is InChI=1S/C21H30N4O/c1-21(2,3)20-23-17(15-26-4)14-19(24-20)22-16-10-12-25(13-11-16)18-8-6-5-7-9-18/h5-9,14,16H,10-13,15H2,1-4H3,(H,22,23,24). The lowest BCUT2D eigenvalue weighted by molar-refractivity contribution is 0.181. The van der Waals surface area contributed by atoms with E-state index in [2.05, 4.69) is 66.3 Å². The van der Waals surface area contributed by atoms with Crippen molar-refractivity contribution in [2.75, 3.05) is 30.4 Å². The minimum absolute atomic E-state index is 0.0865. The molecule has 3 rings (SSSR count). The highest BCUT2D eigenvalue weighted by Gasteiger charge is 2.22. The molecule has 1 aliphatic heterocycles. The Bertz CT molecular complexity index is 704. The number of para-hydroxylation sites is 1. The van der Waals surface area contributed by atoms with Crippen LogP contribution in [0.15, 0.2) is 36.4 Å². The maximum absolute atomic E-state index is 5.28. The molecule has 0 bridgehead atoms. The fourth-order valence-corrected chi connectivity index (χ4v) is 3.26. The number of hydrogen-bond donors (Lipinski definition) is 1. The van der Waals surface area contributed by atoms with Crippen molar-refractivity contribution in [3.8, 4) is 0 Å². The molecule has 140 valence electrons. The number of rotatable bonds is 5. The normalized spacial score (nSPS) is 15.9. The van der Waals surface area contributed by atoms with Gasteiger partial charge in [0.25, 0.3) is 0 Å². The fourth-order valence-electron chi connectivity index (χ4n) is 3.26. The average molecular weight is 354 g/mol. The van der Waals surface area contributed by atoms with Crippen LogP contribution in [0.25, 0.3) is 0 Å². The Morgan fingerprint density at radius 1 is 1.12 bits per heavy atom. The summed E-state index contributed by atoms with van der Waals surface area (Å²) >= 11 is 0. The quantitative estimate of drug-likeness (QED) is 0.879. The summed E-state index contributed by atoms with van der Waals surface area (Å²) in [6.07, 6.45) is 2.20. The van der Waals surface area contributed by atoms with Crippen molar-refractivity contribution in [3.05, 3.63) is 47.9 Å². The highest BCUT2D eigenvalue weighted by atomic mass is 16.5. The maximum atomic E-state index is 5.28. The summed E-state index contributed by atoms with van der Waals surface area (Å²) in [6, 6.07) is 13.1. The van der Waals surface area contributed by atoms with Crippen molar-refractivity contribution in [3.63, 3.8) is 0 Å². The maximum Gasteiger partial charge on any atom is 0.136 e. The molecule has 5 nitrogen and oxygen atoms in total. The van der Waals surface area contributed by atoms with Gasteiger partial charge in [0.05, 0.1) is 12.3 Å². The molecule has 1 aliphatic rings. The van der Waals surface area contributed by atoms with Gasteiger partial charge in [-0.2, -0.15) is 0 Å². The Labute approximate surface area is 156 Å². The summed E-state index contributed by atoms with van der Waals surface area (Å²) in [5.41, 5.74) is 2.15. The molecule has 0 aliphatic carbocycles. The molecule has 1 fully saturated rings. The van der Waals surface area contributed by atoms with Crippen LogP contribution >= 0.6 is 0 Å². The molecule has 0 spiro atoms. The van der Waals surface area contributed by atoms with E-state index >= 15 is 0 Å². The van der Waals surface area contributed by atoms with Gasteiger partial charge in [0, 0.05) is 43.4 Å². The van der Waals surface area contributed by atoms with E-state index in [4.69, 9.17) is 9.72 Å². The minimum atomic E-state index is -0.0865. The third-order valence-corrected chi connectivity index (χ3v) is 4.71. The highest BCUT2D eigenvalue weighted by molar-refractivity contribution is 5.47. The van der Waals surface area contributed by atoms with Gasteiger partial charge in [-0.1, -0.05) is 39.0 Å². The van der Waals surface area contributed by atoms with Gasteiger partial charge in [0.2, 0.25) is 0 Å². The van der Waals surface area contributed by atoms with Crippen LogP contribution < -0.4 is 10.2 Å². The van der Waals surface area contributed by atoms with E-state index in [1.54, 1.807) is 7.11 Å². The molecule has 0 atom stereocenters. The first-order valence-electron chi connectivity index (χ1n) is 9.39. The molecule has 1 aromatic heterocycles. The predicted molar refractivity (Wildman–Crippen MR) is 107 cm³/mol. The van der Waals surface area contributed by atoms with Crippen LogP contribution in [0.3, 0.4) is 0 Å². The lowest BCUT2D eigenvalue weighted by atomic mass is 9.95. The number of methoxy groups -OCH3 is 1. The van der Waals surface area contributed by atoms with Crippen LogP contribution in [0.5, 0.6) is 0 Å². The first-order valence-corrected chi connectivity index (χ1v) is 9.39. The molecule has 1 aromatic carbocycles. The van der Waals surface area contributed by atoms with Crippen LogP contribution in [0.4, 0.5) is 11.5 Å². The van der Waals surface area contributed by atoms with Crippen LogP contribution in [0, 0.1) is 0 Å². The smallest absolute Gasteiger partial charge is 0.136 e. The number of nitrogens with one attached hydrogen (secondary N) is 1. The van der Waals surface area contributed by atoms with Gasteiger partial charge in [-0.3, -0.25) is 0 Å². The third-order valence-electron chi connectivity index (χ3n) is 4.71. The van der Waals surface area contributed by atoms with Crippen LogP contribution in [0.1, 0.15) is 45.1 Å². The lowest BCUT2D eigenvalue weighted by Gasteiger charge is -2.34. The molecule has 1 saturated heterocycles. The van der Waals surface area contributed by atoms with Gasteiger partial charge in [-0.15, -0.1) is 0 Å². The zero-order valence-electron chi connectivity index (χ0n) is 16.3. The monoisotopic (exact) mass is 354 g/mol. The summed E-state index contributed by atoms with van der Waals surface area (Å²) in [7, 11) is 1.70. The van der Waals surface area contributed by atoms with Gasteiger partial charge in [0.15, 0.2) is 0 Å². The predicted octanol–water partition coefficient (Wildman–Crippen LogP) is 4.00. The van der Waals surface area contributed by atoms with Crippen LogP contribution in [0.2, 0.25) is 0 Å². The third kappa shape index (κ3) is 4.73. The van der Waals surface area contributed by atoms with Gasteiger partial charge >= 0.3 is 0 Å². The van der Waals surface area contributed by atoms with Crippen molar-refractivity contribution < 1.29 is 4.74 Å². The van der Waals surface area contributed by atoms with Crippen molar-refractivity contribution >= 4 is 11.5 Å². The van der Waals surface area contributed by atoms with E-state index < -0.39 is 0 Å². The van der Waals surface area contributed by atoms with Gasteiger partial charge in [0.1, 0.15) is 11.6 Å². The molecule has 1 N–H and O–H groups in total. The van der Waals surface area contributed by atoms with E-state index in [0.29, 0.717) is 12.6 Å². The second-order valence-electron chi connectivity index (χ2n) is 7.99. The van der Waals surface area contributed by atoms with E-state index in [1.807, 2.05) is 6.07 Å². The minimum Gasteiger partial charge on any atom is -0.378 e. The number of anilines is 2. The average Bonchev–Trinajstić information content (AvgIpc) is 2.62. The molecule has 0 unspecified atom stereocenters. The van der Waals surface area contributed by atoms with Crippen LogP contribution in [-0.4, -0.2) is 36.2 Å². The number of benzene rings is 1. The second-order valence-corrected chi connectivity index (χ2v) is 7.99. The molecular weight excluding hydrogens is 324 g/mol. The Hall–Kier alpha value is -2.14. The number of ether oxygens (including phenoxy) is 1. The van der Waals surface area contributed by atoms with Crippen molar-refractivity contribution in [2.45, 2.75) is 51.7 Å². The number of nitrogens with zero attached hydrogens (tertiary/aromatic N) is 3. The SMILES string of the molecule is COCc1cc(NC2CCN(c3ccccc3)CC2)nc(C(C)(C)C)n1. The fraction of sp³-hybridized carbons (Fsp3) is 0.524. The summed E-state index contributed by atoms with van der Waals surface area (Å²) in [4.78, 5) is 11.9. The first kappa shape index (κ1) is 18.6. The van der Waals surface area contributed by atoms with Gasteiger partial charge in [-0.25, -0.2) is 9.97 Å². The second kappa shape index (κ2) is 8.04. The summed E-state index contributed by atoms with van der Waals surface area (Å²) in [5.74, 6) is 1.77. The number of aromatic nitrogens is 2. The van der Waals surface area contributed by atoms with E-state index in [-0.39, 0.29) is 5.41 Å². The number of hydrogen-bond acceptors (Lipinski definition) is 5. The summed E-state index contributed by atoms with van der Waals surface area (Å²) in [6.45, 7) is 9.05. The Balaban J connectivity index is 1.67. The van der Waals surface area contributed by atoms with Crippen molar-refractivity contribution in [1.82, 2.24) is 9.97 Å². The highest BCUT2D eigenvalue weighted by Crippen LogP contribution is 2.24. The Morgan fingerprint density at radius 2 is 1.81 bits per heavy atom. The Kier molecular flexibility index (Phi) is 5.77. The van der Waals surface area contributed by atoms with E-state index in [0.717, 1.165) is 43.3 Å².